The summed E-state index contributed by atoms with van der Waals surface area (Å²) in [6.07, 6.45) is -3.50. The molecule has 0 amide bonds. The molecule has 2 heterocycles. The van der Waals surface area contributed by atoms with E-state index in [0.29, 0.717) is 0 Å². The molecule has 2 N–H and O–H groups in total. The fourth-order valence-corrected chi connectivity index (χ4v) is 1.45. The highest BCUT2D eigenvalue weighted by molar-refractivity contribution is 5.86. The van der Waals surface area contributed by atoms with E-state index in [9.17, 15) is 18.0 Å². The van der Waals surface area contributed by atoms with Gasteiger partial charge in [0.25, 0.3) is 0 Å². The van der Waals surface area contributed by atoms with Crippen LogP contribution in [0.1, 0.15) is 16.2 Å². The van der Waals surface area contributed by atoms with Crippen molar-refractivity contribution in [3.63, 3.8) is 0 Å². The van der Waals surface area contributed by atoms with E-state index in [1.54, 1.807) is 0 Å². The summed E-state index contributed by atoms with van der Waals surface area (Å²) in [7, 11) is 1.34. The molecule has 0 bridgehead atoms. The van der Waals surface area contributed by atoms with Crippen LogP contribution in [0.15, 0.2) is 12.3 Å². The number of nitrogens with one attached hydrogen (secondary N) is 1. The zero-order valence-electron chi connectivity index (χ0n) is 8.99. The molecule has 0 spiro atoms. The Morgan fingerprint density at radius 3 is 2.67 bits per heavy atom. The highest BCUT2D eigenvalue weighted by atomic mass is 19.4. The first-order valence-corrected chi connectivity index (χ1v) is 4.69. The van der Waals surface area contributed by atoms with Crippen molar-refractivity contribution in [2.24, 2.45) is 7.05 Å². The van der Waals surface area contributed by atoms with Crippen LogP contribution in [0.25, 0.3) is 11.3 Å². The molecule has 0 aliphatic heterocycles. The third kappa shape index (κ3) is 2.06. The summed E-state index contributed by atoms with van der Waals surface area (Å²) in [4.78, 5) is 10.6. The molecule has 0 unspecified atom stereocenters. The molecule has 0 fully saturated rings. The second-order valence-electron chi connectivity index (χ2n) is 3.53. The summed E-state index contributed by atoms with van der Waals surface area (Å²) in [6.45, 7) is 0. The van der Waals surface area contributed by atoms with Gasteiger partial charge in [0.1, 0.15) is 5.69 Å². The predicted molar refractivity (Wildman–Crippen MR) is 52.8 cm³/mol. The Kier molecular flexibility index (Phi) is 2.60. The largest absolute Gasteiger partial charge is 0.477 e. The van der Waals surface area contributed by atoms with Crippen LogP contribution in [0.5, 0.6) is 0 Å². The van der Waals surface area contributed by atoms with E-state index in [1.165, 1.54) is 7.05 Å². The van der Waals surface area contributed by atoms with Crippen molar-refractivity contribution in [2.45, 2.75) is 6.18 Å². The van der Waals surface area contributed by atoms with Gasteiger partial charge in [-0.2, -0.15) is 23.4 Å². The maximum atomic E-state index is 12.7. The van der Waals surface area contributed by atoms with Crippen LogP contribution in [0.3, 0.4) is 0 Å². The Morgan fingerprint density at radius 1 is 1.50 bits per heavy atom. The first kappa shape index (κ1) is 12.1. The van der Waals surface area contributed by atoms with E-state index in [2.05, 4.69) is 15.3 Å². The lowest BCUT2D eigenvalue weighted by atomic mass is 10.1. The molecular formula is C9H7F3N4O2. The fraction of sp³-hybridized carbons (Fsp3) is 0.222. The molecule has 0 radical (unpaired) electrons. The summed E-state index contributed by atoms with van der Waals surface area (Å²) in [5.41, 5.74) is -1.78. The SMILES string of the molecule is Cn1cc(-c2cc(C(=O)O)[nH]n2)c(C(F)(F)F)n1. The van der Waals surface area contributed by atoms with Gasteiger partial charge in [-0.15, -0.1) is 0 Å². The molecule has 2 rings (SSSR count). The van der Waals surface area contributed by atoms with Crippen molar-refractivity contribution in [2.75, 3.05) is 0 Å². The van der Waals surface area contributed by atoms with Gasteiger partial charge in [0.15, 0.2) is 5.69 Å². The average molecular weight is 260 g/mol. The number of aromatic carboxylic acids is 1. The van der Waals surface area contributed by atoms with Gasteiger partial charge in [-0.3, -0.25) is 9.78 Å². The highest BCUT2D eigenvalue weighted by Gasteiger charge is 2.38. The number of carboxylic acids is 1. The van der Waals surface area contributed by atoms with Crippen LogP contribution in [-0.2, 0) is 13.2 Å². The maximum Gasteiger partial charge on any atom is 0.435 e. The molecule has 0 aliphatic carbocycles. The molecule has 0 saturated carbocycles. The topological polar surface area (TPSA) is 83.8 Å². The van der Waals surface area contributed by atoms with Gasteiger partial charge in [-0.1, -0.05) is 0 Å². The quantitative estimate of drug-likeness (QED) is 0.857. The predicted octanol–water partition coefficient (Wildman–Crippen LogP) is 1.53. The number of nitrogens with zero attached hydrogens (tertiary/aromatic N) is 3. The van der Waals surface area contributed by atoms with Crippen molar-refractivity contribution < 1.29 is 23.1 Å². The Labute approximate surface area is 98.0 Å². The minimum absolute atomic E-state index is 0.118. The number of hydrogen-bond donors (Lipinski definition) is 2. The van der Waals surface area contributed by atoms with Crippen LogP contribution in [0.2, 0.25) is 0 Å². The average Bonchev–Trinajstić information content (AvgIpc) is 2.81. The molecule has 0 saturated heterocycles. The lowest BCUT2D eigenvalue weighted by Gasteiger charge is -2.03. The number of carbonyl (C=O) groups is 1. The Morgan fingerprint density at radius 2 is 2.17 bits per heavy atom. The molecule has 18 heavy (non-hydrogen) atoms. The van der Waals surface area contributed by atoms with Crippen LogP contribution in [0.4, 0.5) is 13.2 Å². The van der Waals surface area contributed by atoms with Crippen LogP contribution < -0.4 is 0 Å². The normalized spacial score (nSPS) is 11.8. The van der Waals surface area contributed by atoms with E-state index in [4.69, 9.17) is 5.11 Å². The van der Waals surface area contributed by atoms with Gasteiger partial charge in [0.2, 0.25) is 0 Å². The number of rotatable bonds is 2. The second kappa shape index (κ2) is 3.86. The third-order valence-corrected chi connectivity index (χ3v) is 2.18. The maximum absolute atomic E-state index is 12.7. The number of hydrogen-bond acceptors (Lipinski definition) is 3. The molecule has 96 valence electrons. The smallest absolute Gasteiger partial charge is 0.435 e. The number of H-pyrrole nitrogens is 1. The zero-order valence-corrected chi connectivity index (χ0v) is 8.99. The summed E-state index contributed by atoms with van der Waals surface area (Å²) in [6, 6.07) is 1.02. The number of carboxylic acid groups (broad SMARTS) is 1. The molecule has 9 heteroatoms. The van der Waals surface area contributed by atoms with E-state index in [0.717, 1.165) is 16.9 Å². The van der Waals surface area contributed by atoms with Crippen molar-refractivity contribution >= 4 is 5.97 Å². The van der Waals surface area contributed by atoms with Crippen molar-refractivity contribution in [3.8, 4) is 11.3 Å². The van der Waals surface area contributed by atoms with Gasteiger partial charge in [-0.25, -0.2) is 4.79 Å². The number of aromatic amines is 1. The molecule has 0 atom stereocenters. The highest BCUT2D eigenvalue weighted by Crippen LogP contribution is 2.35. The van der Waals surface area contributed by atoms with Gasteiger partial charge >= 0.3 is 12.1 Å². The number of halogens is 3. The van der Waals surface area contributed by atoms with Gasteiger partial charge < -0.3 is 5.11 Å². The summed E-state index contributed by atoms with van der Waals surface area (Å²) in [5.74, 6) is -1.30. The summed E-state index contributed by atoms with van der Waals surface area (Å²) < 4.78 is 39.0. The molecule has 0 aromatic carbocycles. The van der Waals surface area contributed by atoms with Crippen molar-refractivity contribution in [3.05, 3.63) is 23.7 Å². The molecule has 2 aromatic rings. The third-order valence-electron chi connectivity index (χ3n) is 2.18. The Balaban J connectivity index is 2.53. The monoisotopic (exact) mass is 260 g/mol. The lowest BCUT2D eigenvalue weighted by molar-refractivity contribution is -0.141. The summed E-state index contributed by atoms with van der Waals surface area (Å²) in [5, 5.41) is 17.6. The second-order valence-corrected chi connectivity index (χ2v) is 3.53. The summed E-state index contributed by atoms with van der Waals surface area (Å²) >= 11 is 0. The number of aromatic nitrogens is 4. The molecule has 2 aromatic heterocycles. The molecule has 0 aliphatic rings. The zero-order chi connectivity index (χ0) is 13.5. The Bertz CT molecular complexity index is 599. The molecule has 6 nitrogen and oxygen atoms in total. The van der Waals surface area contributed by atoms with E-state index >= 15 is 0 Å². The lowest BCUT2D eigenvalue weighted by Crippen LogP contribution is -2.08. The fourth-order valence-electron chi connectivity index (χ4n) is 1.45. The van der Waals surface area contributed by atoms with Crippen molar-refractivity contribution in [1.29, 1.82) is 0 Å². The first-order chi connectivity index (χ1) is 8.29. The Hall–Kier alpha value is -2.32. The number of alkyl halides is 3. The van der Waals surface area contributed by atoms with Crippen LogP contribution >= 0.6 is 0 Å². The first-order valence-electron chi connectivity index (χ1n) is 4.69. The van der Waals surface area contributed by atoms with Gasteiger partial charge in [0.05, 0.1) is 11.3 Å². The van der Waals surface area contributed by atoms with E-state index in [1.807, 2.05) is 0 Å². The van der Waals surface area contributed by atoms with Crippen molar-refractivity contribution in [1.82, 2.24) is 20.0 Å². The minimum atomic E-state index is -4.63. The minimum Gasteiger partial charge on any atom is -0.477 e. The van der Waals surface area contributed by atoms with E-state index < -0.39 is 17.8 Å². The van der Waals surface area contributed by atoms with E-state index in [-0.39, 0.29) is 17.0 Å². The standard InChI is InChI=1S/C9H7F3N4O2/c1-16-3-4(7(15-16)9(10,11)12)5-2-6(8(17)18)14-13-5/h2-3H,1H3,(H,13,14)(H,17,18). The van der Waals surface area contributed by atoms with Gasteiger partial charge in [0, 0.05) is 13.2 Å². The van der Waals surface area contributed by atoms with Crippen LogP contribution in [0, 0.1) is 0 Å². The number of aryl methyl sites for hydroxylation is 1. The molecular weight excluding hydrogens is 253 g/mol. The van der Waals surface area contributed by atoms with Crippen LogP contribution in [-0.4, -0.2) is 31.1 Å². The van der Waals surface area contributed by atoms with Gasteiger partial charge in [-0.05, 0) is 6.07 Å².